The van der Waals surface area contributed by atoms with Crippen molar-refractivity contribution in [1.82, 2.24) is 25.0 Å². The van der Waals surface area contributed by atoms with Crippen molar-refractivity contribution in [3.05, 3.63) is 154 Å². The standard InChI is InChI=1S/C35H34N6O2/c1-24-28(17-18-29-30(24)22-43-34(29)42)31-19-40(20-32(36)38-31)21-33-37-23-41(39-33)35(25-11-5-2-6-12-25,26-13-7-3-8-14-26)27-15-9-4-10-16-27/h2-18,23,31-32,38H,19-22,36H2,1H3/t31-,32+/m0/s1. The fourth-order valence-electron chi connectivity index (χ4n) is 6.70. The molecular formula is C35H34N6O2. The number of esters is 1. The minimum atomic E-state index is -0.710. The van der Waals surface area contributed by atoms with Crippen molar-refractivity contribution in [2.45, 2.75) is 37.8 Å². The van der Waals surface area contributed by atoms with Gasteiger partial charge in [0.2, 0.25) is 0 Å². The van der Waals surface area contributed by atoms with E-state index in [0.717, 1.165) is 45.7 Å². The van der Waals surface area contributed by atoms with Gasteiger partial charge in [0.25, 0.3) is 0 Å². The summed E-state index contributed by atoms with van der Waals surface area (Å²) in [5.41, 5.74) is 12.9. The molecule has 0 bridgehead atoms. The van der Waals surface area contributed by atoms with Crippen molar-refractivity contribution >= 4 is 5.97 Å². The first-order valence-corrected chi connectivity index (χ1v) is 14.6. The van der Waals surface area contributed by atoms with Crippen LogP contribution in [0.1, 0.15) is 55.6 Å². The summed E-state index contributed by atoms with van der Waals surface area (Å²) in [7, 11) is 0. The summed E-state index contributed by atoms with van der Waals surface area (Å²) in [6.45, 7) is 4.33. The molecular weight excluding hydrogens is 536 g/mol. The van der Waals surface area contributed by atoms with Gasteiger partial charge in [0.05, 0.1) is 18.3 Å². The number of hydrogen-bond donors (Lipinski definition) is 2. The lowest BCUT2D eigenvalue weighted by atomic mass is 9.77. The van der Waals surface area contributed by atoms with Crippen LogP contribution in [0.25, 0.3) is 0 Å². The molecule has 43 heavy (non-hydrogen) atoms. The van der Waals surface area contributed by atoms with Crippen LogP contribution < -0.4 is 11.1 Å². The summed E-state index contributed by atoms with van der Waals surface area (Å²) in [5, 5.41) is 8.70. The van der Waals surface area contributed by atoms with Gasteiger partial charge in [-0.1, -0.05) is 97.1 Å². The number of piperazine rings is 1. The Morgan fingerprint density at radius 1 is 0.884 bits per heavy atom. The zero-order chi connectivity index (χ0) is 29.4. The highest BCUT2D eigenvalue weighted by molar-refractivity contribution is 5.94. The molecule has 8 heteroatoms. The van der Waals surface area contributed by atoms with Gasteiger partial charge >= 0.3 is 5.97 Å². The van der Waals surface area contributed by atoms with Crippen molar-refractivity contribution in [2.24, 2.45) is 5.73 Å². The number of carbonyl (C=O) groups excluding carboxylic acids is 1. The number of rotatable bonds is 7. The molecule has 0 radical (unpaired) electrons. The molecule has 0 spiro atoms. The van der Waals surface area contributed by atoms with Crippen LogP contribution in [0.5, 0.6) is 0 Å². The molecule has 5 aromatic rings. The number of ether oxygens (including phenoxy) is 1. The molecule has 2 aliphatic rings. The predicted octanol–water partition coefficient (Wildman–Crippen LogP) is 4.53. The van der Waals surface area contributed by atoms with E-state index in [4.69, 9.17) is 20.6 Å². The Bertz CT molecular complexity index is 1640. The Morgan fingerprint density at radius 3 is 2.09 bits per heavy atom. The number of aromatic nitrogens is 3. The molecule has 4 aromatic carbocycles. The maximum Gasteiger partial charge on any atom is 0.338 e. The summed E-state index contributed by atoms with van der Waals surface area (Å²) in [6.07, 6.45) is 1.63. The number of fused-ring (bicyclic) bond motifs is 1. The van der Waals surface area contributed by atoms with E-state index >= 15 is 0 Å². The number of benzene rings is 4. The van der Waals surface area contributed by atoms with Crippen molar-refractivity contribution in [3.8, 4) is 0 Å². The fraction of sp³-hybridized carbons (Fsp3) is 0.229. The summed E-state index contributed by atoms with van der Waals surface area (Å²) < 4.78 is 7.28. The monoisotopic (exact) mass is 570 g/mol. The van der Waals surface area contributed by atoms with Gasteiger partial charge in [-0.3, -0.25) is 10.2 Å². The average Bonchev–Trinajstić information content (AvgIpc) is 3.66. The van der Waals surface area contributed by atoms with Crippen LogP contribution in [0.2, 0.25) is 0 Å². The molecule has 1 fully saturated rings. The normalized spacial score (nSPS) is 18.8. The number of nitrogens with one attached hydrogen (secondary N) is 1. The molecule has 3 N–H and O–H groups in total. The second-order valence-corrected chi connectivity index (χ2v) is 11.3. The van der Waals surface area contributed by atoms with Crippen molar-refractivity contribution in [2.75, 3.05) is 13.1 Å². The molecule has 216 valence electrons. The molecule has 2 aliphatic heterocycles. The largest absolute Gasteiger partial charge is 0.457 e. The lowest BCUT2D eigenvalue weighted by molar-refractivity contribution is 0.0535. The Kier molecular flexibility index (Phi) is 7.10. The third-order valence-corrected chi connectivity index (χ3v) is 8.72. The van der Waals surface area contributed by atoms with Gasteiger partial charge in [0.15, 0.2) is 5.82 Å². The summed E-state index contributed by atoms with van der Waals surface area (Å²) in [6, 6.07) is 35.3. The van der Waals surface area contributed by atoms with Crippen LogP contribution >= 0.6 is 0 Å². The van der Waals surface area contributed by atoms with Gasteiger partial charge < -0.3 is 10.5 Å². The van der Waals surface area contributed by atoms with Gasteiger partial charge in [0.1, 0.15) is 18.5 Å². The first-order chi connectivity index (χ1) is 21.0. The third kappa shape index (κ3) is 4.83. The Balaban J connectivity index is 1.23. The molecule has 0 unspecified atom stereocenters. The first kappa shape index (κ1) is 27.2. The summed E-state index contributed by atoms with van der Waals surface area (Å²) in [4.78, 5) is 19.2. The number of carbonyl (C=O) groups is 1. The van der Waals surface area contributed by atoms with Crippen LogP contribution in [0.3, 0.4) is 0 Å². The van der Waals surface area contributed by atoms with Gasteiger partial charge in [-0.2, -0.15) is 5.10 Å². The van der Waals surface area contributed by atoms with Crippen molar-refractivity contribution in [1.29, 1.82) is 0 Å². The summed E-state index contributed by atoms with van der Waals surface area (Å²) >= 11 is 0. The molecule has 0 aliphatic carbocycles. The quantitative estimate of drug-likeness (QED) is 0.219. The minimum absolute atomic E-state index is 0.00360. The zero-order valence-corrected chi connectivity index (χ0v) is 24.1. The Hall–Kier alpha value is -4.63. The second kappa shape index (κ2) is 11.2. The highest BCUT2D eigenvalue weighted by Gasteiger charge is 2.40. The van der Waals surface area contributed by atoms with Gasteiger partial charge in [-0.15, -0.1) is 0 Å². The number of nitrogens with two attached hydrogens (primary N) is 1. The van der Waals surface area contributed by atoms with E-state index in [1.165, 1.54) is 0 Å². The van der Waals surface area contributed by atoms with E-state index in [0.29, 0.717) is 25.3 Å². The lowest BCUT2D eigenvalue weighted by Crippen LogP contribution is -2.56. The van der Waals surface area contributed by atoms with Gasteiger partial charge in [-0.05, 0) is 40.8 Å². The first-order valence-electron chi connectivity index (χ1n) is 14.6. The minimum Gasteiger partial charge on any atom is -0.457 e. The fourth-order valence-corrected chi connectivity index (χ4v) is 6.70. The number of cyclic esters (lactones) is 1. The van der Waals surface area contributed by atoms with E-state index in [2.05, 4.69) is 89.9 Å². The van der Waals surface area contributed by atoms with Crippen LogP contribution in [0.15, 0.2) is 109 Å². The Labute approximate surface area is 251 Å². The van der Waals surface area contributed by atoms with Crippen LogP contribution in [0, 0.1) is 6.92 Å². The van der Waals surface area contributed by atoms with E-state index in [1.54, 1.807) is 0 Å². The van der Waals surface area contributed by atoms with Crippen LogP contribution in [-0.4, -0.2) is 44.9 Å². The highest BCUT2D eigenvalue weighted by Crippen LogP contribution is 2.40. The SMILES string of the molecule is Cc1c([C@@H]2CN(Cc3ncn(C(c4ccccc4)(c4ccccc4)c4ccccc4)n3)C[C@H](N)N2)ccc2c1COC2=O. The van der Waals surface area contributed by atoms with Gasteiger partial charge in [-0.25, -0.2) is 14.5 Å². The molecule has 2 atom stereocenters. The zero-order valence-electron chi connectivity index (χ0n) is 24.1. The van der Waals surface area contributed by atoms with Crippen molar-refractivity contribution in [3.63, 3.8) is 0 Å². The lowest BCUT2D eigenvalue weighted by Gasteiger charge is -2.38. The van der Waals surface area contributed by atoms with Gasteiger partial charge in [0, 0.05) is 24.7 Å². The maximum atomic E-state index is 12.1. The van der Waals surface area contributed by atoms with Crippen LogP contribution in [-0.2, 0) is 23.4 Å². The van der Waals surface area contributed by atoms with E-state index in [-0.39, 0.29) is 18.2 Å². The molecule has 3 heterocycles. The predicted molar refractivity (Wildman–Crippen MR) is 164 cm³/mol. The third-order valence-electron chi connectivity index (χ3n) is 8.72. The smallest absolute Gasteiger partial charge is 0.338 e. The van der Waals surface area contributed by atoms with E-state index in [9.17, 15) is 4.79 Å². The molecule has 1 saturated heterocycles. The second-order valence-electron chi connectivity index (χ2n) is 11.3. The highest BCUT2D eigenvalue weighted by atomic mass is 16.5. The average molecular weight is 571 g/mol. The molecule has 0 saturated carbocycles. The number of nitrogens with zero attached hydrogens (tertiary/aromatic N) is 4. The van der Waals surface area contributed by atoms with E-state index < -0.39 is 5.54 Å². The topological polar surface area (TPSA) is 98.3 Å². The molecule has 0 amide bonds. The van der Waals surface area contributed by atoms with Crippen LogP contribution in [0.4, 0.5) is 0 Å². The number of hydrogen-bond acceptors (Lipinski definition) is 7. The molecule has 7 rings (SSSR count). The maximum absolute atomic E-state index is 12.1. The molecule has 1 aromatic heterocycles. The molecule has 8 nitrogen and oxygen atoms in total. The van der Waals surface area contributed by atoms with Crippen molar-refractivity contribution < 1.29 is 9.53 Å². The summed E-state index contributed by atoms with van der Waals surface area (Å²) in [5.74, 6) is 0.475. The Morgan fingerprint density at radius 2 is 1.49 bits per heavy atom. The van der Waals surface area contributed by atoms with E-state index in [1.807, 2.05) is 41.3 Å².